The molecule has 250 valence electrons. The topological polar surface area (TPSA) is 63.6 Å². The van der Waals surface area contributed by atoms with Crippen molar-refractivity contribution < 1.29 is 19.4 Å². The highest BCUT2D eigenvalue weighted by atomic mass is 16.5. The number of carboxylic acids is 1. The molecular formula is C40H66O4. The van der Waals surface area contributed by atoms with E-state index in [1.165, 1.54) is 19.3 Å². The second-order valence-electron chi connectivity index (χ2n) is 11.7. The fourth-order valence-electron chi connectivity index (χ4n) is 4.77. The molecule has 0 aliphatic rings. The van der Waals surface area contributed by atoms with E-state index in [9.17, 15) is 9.59 Å². The highest BCUT2D eigenvalue weighted by molar-refractivity contribution is 5.69. The summed E-state index contributed by atoms with van der Waals surface area (Å²) in [6, 6.07) is 0. The molecule has 0 fully saturated rings. The Morgan fingerprint density at radius 1 is 0.545 bits per heavy atom. The Kier molecular flexibility index (Phi) is 32.8. The normalized spacial score (nSPS) is 13.1. The maximum absolute atomic E-state index is 12.6. The molecule has 0 aliphatic heterocycles. The summed E-state index contributed by atoms with van der Waals surface area (Å²) in [6.45, 7) is 4.38. The van der Waals surface area contributed by atoms with Gasteiger partial charge < -0.3 is 9.84 Å². The first-order valence-electron chi connectivity index (χ1n) is 17.9. The van der Waals surface area contributed by atoms with Crippen molar-refractivity contribution in [1.29, 1.82) is 0 Å². The van der Waals surface area contributed by atoms with Crippen LogP contribution in [0.25, 0.3) is 0 Å². The highest BCUT2D eigenvalue weighted by Crippen LogP contribution is 2.15. The second kappa shape index (κ2) is 34.9. The minimum Gasteiger partial charge on any atom is -0.481 e. The molecule has 1 unspecified atom stereocenters. The average molecular weight is 611 g/mol. The van der Waals surface area contributed by atoms with Crippen molar-refractivity contribution >= 4 is 11.9 Å². The maximum atomic E-state index is 12.6. The first-order valence-corrected chi connectivity index (χ1v) is 17.9. The summed E-state index contributed by atoms with van der Waals surface area (Å²) in [6.07, 6.45) is 49.2. The van der Waals surface area contributed by atoms with Gasteiger partial charge in [-0.15, -0.1) is 0 Å². The van der Waals surface area contributed by atoms with Crippen molar-refractivity contribution in [3.63, 3.8) is 0 Å². The zero-order valence-corrected chi connectivity index (χ0v) is 28.4. The number of carbonyl (C=O) groups excluding carboxylic acids is 1. The first kappa shape index (κ1) is 41.4. The molecule has 0 bridgehead atoms. The number of carboxylic acid groups (broad SMARTS) is 1. The monoisotopic (exact) mass is 610 g/mol. The molecule has 4 nitrogen and oxygen atoms in total. The quantitative estimate of drug-likeness (QED) is 0.0482. The Labute approximate surface area is 271 Å². The van der Waals surface area contributed by atoms with Crippen molar-refractivity contribution in [1.82, 2.24) is 0 Å². The number of hydrogen-bond acceptors (Lipinski definition) is 3. The molecule has 4 heteroatoms. The Morgan fingerprint density at radius 2 is 1.02 bits per heavy atom. The van der Waals surface area contributed by atoms with Crippen molar-refractivity contribution in [2.45, 2.75) is 168 Å². The van der Waals surface area contributed by atoms with Crippen LogP contribution in [0.5, 0.6) is 0 Å². The van der Waals surface area contributed by atoms with Crippen LogP contribution in [0.3, 0.4) is 0 Å². The third kappa shape index (κ3) is 33.9. The van der Waals surface area contributed by atoms with Gasteiger partial charge in [0.2, 0.25) is 0 Å². The second-order valence-corrected chi connectivity index (χ2v) is 11.7. The molecule has 0 aromatic rings. The van der Waals surface area contributed by atoms with Gasteiger partial charge in [-0.1, -0.05) is 132 Å². The van der Waals surface area contributed by atoms with Crippen LogP contribution in [0, 0.1) is 0 Å². The molecule has 1 atom stereocenters. The van der Waals surface area contributed by atoms with Gasteiger partial charge in [0.15, 0.2) is 0 Å². The highest BCUT2D eigenvalue weighted by Gasteiger charge is 2.11. The predicted molar refractivity (Wildman–Crippen MR) is 190 cm³/mol. The van der Waals surface area contributed by atoms with Gasteiger partial charge in [-0.3, -0.25) is 9.59 Å². The van der Waals surface area contributed by atoms with Crippen molar-refractivity contribution in [3.8, 4) is 0 Å². The van der Waals surface area contributed by atoms with Gasteiger partial charge in [-0.05, 0) is 89.5 Å². The van der Waals surface area contributed by atoms with Crippen LogP contribution in [-0.4, -0.2) is 23.1 Å². The number of rotatable bonds is 31. The number of unbranched alkanes of at least 4 members (excludes halogenated alkanes) is 12. The minimum absolute atomic E-state index is 0.0811. The molecule has 0 aromatic carbocycles. The van der Waals surface area contributed by atoms with Gasteiger partial charge in [0.05, 0.1) is 0 Å². The third-order valence-corrected chi connectivity index (χ3v) is 7.40. The van der Waals surface area contributed by atoms with E-state index in [2.05, 4.69) is 86.8 Å². The summed E-state index contributed by atoms with van der Waals surface area (Å²) >= 11 is 0. The summed E-state index contributed by atoms with van der Waals surface area (Å²) in [4.78, 5) is 23.2. The van der Waals surface area contributed by atoms with E-state index in [0.717, 1.165) is 116 Å². The lowest BCUT2D eigenvalue weighted by Gasteiger charge is -2.14. The van der Waals surface area contributed by atoms with Crippen LogP contribution in [0.1, 0.15) is 162 Å². The molecule has 0 aliphatic carbocycles. The molecule has 0 heterocycles. The Morgan fingerprint density at radius 3 is 1.61 bits per heavy atom. The summed E-state index contributed by atoms with van der Waals surface area (Å²) in [7, 11) is 0. The van der Waals surface area contributed by atoms with E-state index in [1.54, 1.807) is 0 Å². The predicted octanol–water partition coefficient (Wildman–Crippen LogP) is 12.3. The average Bonchev–Trinajstić information content (AvgIpc) is 3.01. The molecule has 0 saturated heterocycles. The summed E-state index contributed by atoms with van der Waals surface area (Å²) in [5.74, 6) is -0.790. The molecule has 44 heavy (non-hydrogen) atoms. The largest absolute Gasteiger partial charge is 0.481 e. The van der Waals surface area contributed by atoms with E-state index < -0.39 is 5.97 Å². The van der Waals surface area contributed by atoms with Gasteiger partial charge in [0.25, 0.3) is 0 Å². The molecule has 1 N–H and O–H groups in total. The number of aliphatic carboxylic acids is 1. The molecule has 0 aromatic heterocycles. The van der Waals surface area contributed by atoms with Crippen LogP contribution < -0.4 is 0 Å². The molecule has 0 radical (unpaired) electrons. The molecule has 0 rings (SSSR count). The lowest BCUT2D eigenvalue weighted by molar-refractivity contribution is -0.147. The lowest BCUT2D eigenvalue weighted by atomic mass is 10.1. The zero-order chi connectivity index (χ0) is 32.2. The Balaban J connectivity index is 4.17. The van der Waals surface area contributed by atoms with Gasteiger partial charge >= 0.3 is 11.9 Å². The number of ether oxygens (including phenoxy) is 1. The van der Waals surface area contributed by atoms with Crippen LogP contribution in [0.4, 0.5) is 0 Å². The SMILES string of the molecule is CC/C=C\C/C=C\C/C=C\C/C=C\CCCCCCC(=O)OC(/C=C\C/C=C\CCCCC)CCCCCCCCC(=O)O. The Bertz CT molecular complexity index is 830. The Hall–Kier alpha value is -2.62. The fourth-order valence-corrected chi connectivity index (χ4v) is 4.77. The smallest absolute Gasteiger partial charge is 0.306 e. The number of hydrogen-bond donors (Lipinski definition) is 1. The third-order valence-electron chi connectivity index (χ3n) is 7.40. The molecule has 0 saturated carbocycles. The van der Waals surface area contributed by atoms with E-state index in [1.807, 2.05) is 0 Å². The van der Waals surface area contributed by atoms with Gasteiger partial charge in [0.1, 0.15) is 6.10 Å². The van der Waals surface area contributed by atoms with Crippen LogP contribution in [-0.2, 0) is 14.3 Å². The maximum Gasteiger partial charge on any atom is 0.306 e. The number of carbonyl (C=O) groups is 2. The van der Waals surface area contributed by atoms with Crippen LogP contribution in [0.15, 0.2) is 72.9 Å². The summed E-state index contributed by atoms with van der Waals surface area (Å²) < 4.78 is 5.87. The van der Waals surface area contributed by atoms with Crippen LogP contribution in [0.2, 0.25) is 0 Å². The molecule has 0 amide bonds. The molecular weight excluding hydrogens is 544 g/mol. The standard InChI is InChI=1S/C40H66O4/c1-3-5-7-9-11-13-14-15-16-17-18-19-20-21-23-29-33-37-40(43)44-38(34-30-26-22-12-10-8-6-4-2)35-31-27-24-25-28-32-36-39(41)42/h5,7,11-13,15-16,18-19,22,30,34,38H,3-4,6,8-10,14,17,20-21,23-29,31-33,35-37H2,1-2H3,(H,41,42)/b7-5-,13-11-,16-15-,19-18-,22-12-,34-30-. The van der Waals surface area contributed by atoms with Gasteiger partial charge in [0, 0.05) is 12.8 Å². The van der Waals surface area contributed by atoms with E-state index >= 15 is 0 Å². The van der Waals surface area contributed by atoms with Crippen molar-refractivity contribution in [2.24, 2.45) is 0 Å². The van der Waals surface area contributed by atoms with Crippen molar-refractivity contribution in [3.05, 3.63) is 72.9 Å². The zero-order valence-electron chi connectivity index (χ0n) is 28.4. The van der Waals surface area contributed by atoms with Crippen molar-refractivity contribution in [2.75, 3.05) is 0 Å². The lowest BCUT2D eigenvalue weighted by Crippen LogP contribution is -2.16. The number of allylic oxidation sites excluding steroid dienone is 11. The summed E-state index contributed by atoms with van der Waals surface area (Å²) in [5, 5.41) is 8.76. The van der Waals surface area contributed by atoms with E-state index in [-0.39, 0.29) is 18.5 Å². The minimum atomic E-state index is -0.709. The first-order chi connectivity index (χ1) is 21.6. The van der Waals surface area contributed by atoms with E-state index in [4.69, 9.17) is 9.84 Å². The number of esters is 1. The molecule has 0 spiro atoms. The van der Waals surface area contributed by atoms with E-state index in [0.29, 0.717) is 6.42 Å². The summed E-state index contributed by atoms with van der Waals surface area (Å²) in [5.41, 5.74) is 0. The van der Waals surface area contributed by atoms with Crippen LogP contribution >= 0.6 is 0 Å². The fraction of sp³-hybridized carbons (Fsp3) is 0.650. The van der Waals surface area contributed by atoms with Gasteiger partial charge in [-0.25, -0.2) is 0 Å². The van der Waals surface area contributed by atoms with Gasteiger partial charge in [-0.2, -0.15) is 0 Å².